The number of para-hydroxylation sites is 1. The monoisotopic (exact) mass is 246 g/mol. The molecule has 0 aliphatic heterocycles. The first-order valence-electron chi connectivity index (χ1n) is 5.98. The van der Waals surface area contributed by atoms with Crippen LogP contribution in [0.25, 0.3) is 0 Å². The highest BCUT2D eigenvalue weighted by Gasteiger charge is 2.32. The van der Waals surface area contributed by atoms with Crippen molar-refractivity contribution in [2.24, 2.45) is 0 Å². The van der Waals surface area contributed by atoms with E-state index in [4.69, 9.17) is 4.74 Å². The van der Waals surface area contributed by atoms with E-state index in [2.05, 4.69) is 4.98 Å². The largest absolute Gasteiger partial charge is 0.496 e. The van der Waals surface area contributed by atoms with Crippen molar-refractivity contribution in [2.75, 3.05) is 7.11 Å². The molecule has 1 heterocycles. The van der Waals surface area contributed by atoms with Crippen molar-refractivity contribution >= 4 is 0 Å². The second kappa shape index (κ2) is 4.82. The van der Waals surface area contributed by atoms with E-state index in [9.17, 15) is 5.11 Å². The molecule has 1 atom stereocenters. The number of nitrogens with zero attached hydrogens (tertiary/aromatic N) is 2. The van der Waals surface area contributed by atoms with E-state index in [1.807, 2.05) is 42.0 Å². The zero-order chi connectivity index (χ0) is 13.2. The summed E-state index contributed by atoms with van der Waals surface area (Å²) in [5.41, 5.74) is -0.458. The van der Waals surface area contributed by atoms with Crippen LogP contribution in [0, 0.1) is 0 Å². The smallest absolute Gasteiger partial charge is 0.148 e. The Kier molecular flexibility index (Phi) is 3.39. The zero-order valence-corrected chi connectivity index (χ0v) is 10.9. The minimum absolute atomic E-state index is 0.620. The molecule has 1 unspecified atom stereocenters. The van der Waals surface area contributed by atoms with Crippen LogP contribution in [0.4, 0.5) is 0 Å². The van der Waals surface area contributed by atoms with Crippen LogP contribution in [0.2, 0.25) is 0 Å². The van der Waals surface area contributed by atoms with Gasteiger partial charge in [0.05, 0.1) is 7.11 Å². The molecule has 0 radical (unpaired) electrons. The number of hydrogen-bond donors (Lipinski definition) is 1. The van der Waals surface area contributed by atoms with Crippen LogP contribution < -0.4 is 4.74 Å². The quantitative estimate of drug-likeness (QED) is 0.899. The zero-order valence-electron chi connectivity index (χ0n) is 10.9. The van der Waals surface area contributed by atoms with Crippen LogP contribution >= 0.6 is 0 Å². The first kappa shape index (κ1) is 12.6. The Bertz CT molecular complexity index is 532. The number of hydrogen-bond acceptors (Lipinski definition) is 3. The van der Waals surface area contributed by atoms with Gasteiger partial charge in [-0.05, 0) is 19.9 Å². The average Bonchev–Trinajstić information content (AvgIpc) is 2.87. The van der Waals surface area contributed by atoms with Gasteiger partial charge in [-0.25, -0.2) is 4.98 Å². The summed E-state index contributed by atoms with van der Waals surface area (Å²) < 4.78 is 7.23. The number of imidazole rings is 1. The topological polar surface area (TPSA) is 47.3 Å². The molecular weight excluding hydrogens is 228 g/mol. The molecule has 18 heavy (non-hydrogen) atoms. The maximum Gasteiger partial charge on any atom is 0.148 e. The fraction of sp³-hybridized carbons (Fsp3) is 0.357. The van der Waals surface area contributed by atoms with Crippen molar-refractivity contribution in [1.82, 2.24) is 9.55 Å². The lowest BCUT2D eigenvalue weighted by Crippen LogP contribution is -2.28. The average molecular weight is 246 g/mol. The Balaban J connectivity index is 2.54. The minimum Gasteiger partial charge on any atom is -0.496 e. The first-order valence-corrected chi connectivity index (χ1v) is 5.98. The summed E-state index contributed by atoms with van der Waals surface area (Å²) in [6.45, 7) is 4.52. The molecule has 0 amide bonds. The molecule has 0 fully saturated rings. The van der Waals surface area contributed by atoms with E-state index in [1.54, 1.807) is 20.2 Å². The maximum atomic E-state index is 10.8. The molecule has 0 saturated carbocycles. The third kappa shape index (κ3) is 1.99. The van der Waals surface area contributed by atoms with Gasteiger partial charge >= 0.3 is 0 Å². The third-order valence-corrected chi connectivity index (χ3v) is 3.12. The molecule has 0 aliphatic rings. The molecule has 4 nitrogen and oxygen atoms in total. The second-order valence-electron chi connectivity index (χ2n) is 4.31. The van der Waals surface area contributed by atoms with Crippen LogP contribution in [-0.2, 0) is 12.1 Å². The van der Waals surface area contributed by atoms with Gasteiger partial charge in [0.2, 0.25) is 0 Å². The SMILES string of the molecule is CCn1ccnc1C(C)(O)c1ccccc1OC. The van der Waals surface area contributed by atoms with Crippen LogP contribution in [0.3, 0.4) is 0 Å². The summed E-state index contributed by atoms with van der Waals surface area (Å²) in [6.07, 6.45) is 3.56. The normalized spacial score (nSPS) is 14.2. The van der Waals surface area contributed by atoms with Crippen molar-refractivity contribution in [3.05, 3.63) is 48.0 Å². The Morgan fingerprint density at radius 2 is 2.11 bits per heavy atom. The highest BCUT2D eigenvalue weighted by Crippen LogP contribution is 2.34. The maximum absolute atomic E-state index is 10.8. The first-order chi connectivity index (χ1) is 8.61. The van der Waals surface area contributed by atoms with Crippen molar-refractivity contribution in [2.45, 2.75) is 26.0 Å². The lowest BCUT2D eigenvalue weighted by molar-refractivity contribution is 0.0852. The minimum atomic E-state index is -1.17. The number of aromatic nitrogens is 2. The summed E-state index contributed by atoms with van der Waals surface area (Å²) in [5.74, 6) is 1.28. The highest BCUT2D eigenvalue weighted by atomic mass is 16.5. The second-order valence-corrected chi connectivity index (χ2v) is 4.31. The van der Waals surface area contributed by atoms with Crippen molar-refractivity contribution in [1.29, 1.82) is 0 Å². The van der Waals surface area contributed by atoms with E-state index in [0.717, 1.165) is 6.54 Å². The number of ether oxygens (including phenoxy) is 1. The molecule has 0 aliphatic carbocycles. The number of methoxy groups -OCH3 is 1. The lowest BCUT2D eigenvalue weighted by atomic mass is 9.94. The molecule has 1 aromatic heterocycles. The van der Waals surface area contributed by atoms with Gasteiger partial charge in [-0.3, -0.25) is 0 Å². The van der Waals surface area contributed by atoms with Gasteiger partial charge in [0.25, 0.3) is 0 Å². The molecule has 1 aromatic carbocycles. The molecule has 2 rings (SSSR count). The van der Waals surface area contributed by atoms with E-state index >= 15 is 0 Å². The summed E-state index contributed by atoms with van der Waals surface area (Å²) >= 11 is 0. The third-order valence-electron chi connectivity index (χ3n) is 3.12. The van der Waals surface area contributed by atoms with Gasteiger partial charge in [-0.15, -0.1) is 0 Å². The Morgan fingerprint density at radius 3 is 2.78 bits per heavy atom. The summed E-state index contributed by atoms with van der Waals surface area (Å²) in [4.78, 5) is 4.27. The van der Waals surface area contributed by atoms with Gasteiger partial charge in [-0.2, -0.15) is 0 Å². The predicted octanol–water partition coefficient (Wildman–Crippen LogP) is 2.17. The van der Waals surface area contributed by atoms with Gasteiger partial charge in [-0.1, -0.05) is 18.2 Å². The fourth-order valence-electron chi connectivity index (χ4n) is 2.16. The molecular formula is C14H18N2O2. The highest BCUT2D eigenvalue weighted by molar-refractivity contribution is 5.41. The molecule has 96 valence electrons. The molecule has 0 spiro atoms. The van der Waals surface area contributed by atoms with E-state index in [-0.39, 0.29) is 0 Å². The lowest BCUT2D eigenvalue weighted by Gasteiger charge is -2.25. The van der Waals surface area contributed by atoms with Gasteiger partial charge in [0.15, 0.2) is 0 Å². The summed E-state index contributed by atoms with van der Waals surface area (Å²) in [6, 6.07) is 7.45. The van der Waals surface area contributed by atoms with Crippen molar-refractivity contribution in [3.63, 3.8) is 0 Å². The van der Waals surface area contributed by atoms with Crippen molar-refractivity contribution in [3.8, 4) is 5.75 Å². The van der Waals surface area contributed by atoms with Crippen molar-refractivity contribution < 1.29 is 9.84 Å². The van der Waals surface area contributed by atoms with Gasteiger partial charge in [0, 0.05) is 24.5 Å². The van der Waals surface area contributed by atoms with E-state index < -0.39 is 5.60 Å². The number of aliphatic hydroxyl groups is 1. The molecule has 2 aromatic rings. The number of aryl methyl sites for hydroxylation is 1. The Labute approximate surface area is 107 Å². The number of rotatable bonds is 4. The molecule has 0 bridgehead atoms. The van der Waals surface area contributed by atoms with E-state index in [0.29, 0.717) is 17.1 Å². The van der Waals surface area contributed by atoms with Crippen LogP contribution in [0.1, 0.15) is 25.2 Å². The summed E-state index contributed by atoms with van der Waals surface area (Å²) in [7, 11) is 1.60. The molecule has 1 N–H and O–H groups in total. The van der Waals surface area contributed by atoms with Gasteiger partial charge < -0.3 is 14.4 Å². The van der Waals surface area contributed by atoms with Crippen LogP contribution in [0.5, 0.6) is 5.75 Å². The Morgan fingerprint density at radius 1 is 1.39 bits per heavy atom. The molecule has 4 heteroatoms. The van der Waals surface area contributed by atoms with E-state index in [1.165, 1.54) is 0 Å². The van der Waals surface area contributed by atoms with Crippen LogP contribution in [0.15, 0.2) is 36.7 Å². The number of benzene rings is 1. The van der Waals surface area contributed by atoms with Crippen LogP contribution in [-0.4, -0.2) is 21.8 Å². The fourth-order valence-corrected chi connectivity index (χ4v) is 2.16. The molecule has 0 saturated heterocycles. The van der Waals surface area contributed by atoms with Gasteiger partial charge in [0.1, 0.15) is 17.2 Å². The predicted molar refractivity (Wildman–Crippen MR) is 69.6 cm³/mol. The summed E-state index contributed by atoms with van der Waals surface area (Å²) in [5, 5.41) is 10.8. The Hall–Kier alpha value is -1.81. The standard InChI is InChI=1S/C14H18N2O2/c1-4-16-10-9-15-13(16)14(2,17)11-7-5-6-8-12(11)18-3/h5-10,17H,4H2,1-3H3.